The lowest BCUT2D eigenvalue weighted by Gasteiger charge is -2.28. The minimum absolute atomic E-state index is 0.163. The van der Waals surface area contributed by atoms with Gasteiger partial charge < -0.3 is 18.9 Å². The molecule has 0 aliphatic carbocycles. The van der Waals surface area contributed by atoms with Gasteiger partial charge in [-0.2, -0.15) is 0 Å². The van der Waals surface area contributed by atoms with Gasteiger partial charge in [-0.15, -0.1) is 9.80 Å². The topological polar surface area (TPSA) is 146 Å². The number of carbonyl (C=O) groups excluding carboxylic acids is 6. The molecule has 0 fully saturated rings. The Kier molecular flexibility index (Phi) is 10.6. The minimum atomic E-state index is -1.98. The number of hydrogen-bond donors (Lipinski definition) is 0. The fraction of sp³-hybridized carbons (Fsp3) is 0.571. The van der Waals surface area contributed by atoms with E-state index in [0.717, 1.165) is 0 Å². The van der Waals surface area contributed by atoms with Gasteiger partial charge in [0.2, 0.25) is 0 Å². The maximum atomic E-state index is 15.3. The van der Waals surface area contributed by atoms with E-state index in [1.54, 1.807) is 0 Å². The maximum Gasteiger partial charge on any atom is 0.427 e. The standard InChI is InChI=1S/C28H38F2N2O10/c1-25(2,3)39-21(35)31(22(36)40-26(4,5)6)19(33)15-13-14-16(18(30)17(15)29)20(34)32(23(37)41-27(7,8)9)24(38)42-28(10,11)12/h13-14H,1-12H3. The normalized spacial score (nSPS) is 12.1. The highest BCUT2D eigenvalue weighted by Crippen LogP contribution is 2.24. The van der Waals surface area contributed by atoms with Gasteiger partial charge in [-0.1, -0.05) is 0 Å². The number of amides is 6. The monoisotopic (exact) mass is 600 g/mol. The van der Waals surface area contributed by atoms with E-state index in [2.05, 4.69) is 0 Å². The van der Waals surface area contributed by atoms with Crippen molar-refractivity contribution < 1.29 is 56.5 Å². The first-order chi connectivity index (χ1) is 18.6. The zero-order valence-corrected chi connectivity index (χ0v) is 25.9. The van der Waals surface area contributed by atoms with Crippen LogP contribution in [0.3, 0.4) is 0 Å². The Hall–Kier alpha value is -4.10. The molecule has 0 saturated carbocycles. The SMILES string of the molecule is CC(C)(C)OC(=O)N(C(=O)OC(C)(C)C)C(=O)c1ccc(C(=O)N(C(=O)OC(C)(C)C)C(=O)OC(C)(C)C)c(F)c1F. The predicted octanol–water partition coefficient (Wildman–Crippen LogP) is 6.59. The molecule has 234 valence electrons. The summed E-state index contributed by atoms with van der Waals surface area (Å²) in [5.41, 5.74) is -7.15. The van der Waals surface area contributed by atoms with E-state index in [-0.39, 0.29) is 9.80 Å². The molecule has 0 atom stereocenters. The van der Waals surface area contributed by atoms with Crippen LogP contribution in [0.1, 0.15) is 104 Å². The van der Waals surface area contributed by atoms with Crippen LogP contribution in [0.5, 0.6) is 0 Å². The Labute approximate surface area is 243 Å². The summed E-state index contributed by atoms with van der Waals surface area (Å²) in [6, 6.07) is 1.16. The molecule has 0 heterocycles. The Bertz CT molecular complexity index is 1110. The first kappa shape index (κ1) is 35.9. The summed E-state index contributed by atoms with van der Waals surface area (Å²) in [5.74, 6) is -7.30. The van der Waals surface area contributed by atoms with Gasteiger partial charge in [0, 0.05) is 0 Å². The quantitative estimate of drug-likeness (QED) is 0.341. The van der Waals surface area contributed by atoms with Crippen LogP contribution in [0.2, 0.25) is 0 Å². The molecule has 0 aromatic heterocycles. The number of carbonyl (C=O) groups is 6. The largest absolute Gasteiger partial charge is 0.443 e. The maximum absolute atomic E-state index is 15.3. The van der Waals surface area contributed by atoms with Crippen LogP contribution in [0.4, 0.5) is 28.0 Å². The zero-order valence-electron chi connectivity index (χ0n) is 25.9. The first-order valence-electron chi connectivity index (χ1n) is 12.7. The fourth-order valence-electron chi connectivity index (χ4n) is 2.83. The number of benzene rings is 1. The van der Waals surface area contributed by atoms with Gasteiger partial charge in [0.25, 0.3) is 11.8 Å². The van der Waals surface area contributed by atoms with E-state index >= 15 is 8.78 Å². The van der Waals surface area contributed by atoms with Crippen molar-refractivity contribution in [2.75, 3.05) is 0 Å². The van der Waals surface area contributed by atoms with E-state index in [0.29, 0.717) is 12.1 Å². The van der Waals surface area contributed by atoms with Gasteiger partial charge in [-0.05, 0) is 95.2 Å². The van der Waals surface area contributed by atoms with E-state index < -0.39 is 81.4 Å². The Morgan fingerprint density at radius 3 is 0.833 bits per heavy atom. The summed E-state index contributed by atoms with van der Waals surface area (Å²) in [6.07, 6.45) is -6.16. The van der Waals surface area contributed by atoms with Crippen molar-refractivity contribution >= 4 is 36.2 Å². The van der Waals surface area contributed by atoms with Crippen molar-refractivity contribution in [3.05, 3.63) is 34.9 Å². The van der Waals surface area contributed by atoms with Gasteiger partial charge >= 0.3 is 24.4 Å². The van der Waals surface area contributed by atoms with Crippen molar-refractivity contribution in [3.63, 3.8) is 0 Å². The van der Waals surface area contributed by atoms with Gasteiger partial charge in [0.1, 0.15) is 22.4 Å². The minimum Gasteiger partial charge on any atom is -0.443 e. The predicted molar refractivity (Wildman–Crippen MR) is 144 cm³/mol. The van der Waals surface area contributed by atoms with Crippen LogP contribution in [-0.4, -0.2) is 68.4 Å². The van der Waals surface area contributed by atoms with Crippen molar-refractivity contribution in [2.45, 2.75) is 105 Å². The van der Waals surface area contributed by atoms with Crippen molar-refractivity contribution in [1.82, 2.24) is 9.80 Å². The molecule has 1 aromatic rings. The van der Waals surface area contributed by atoms with Crippen molar-refractivity contribution in [3.8, 4) is 0 Å². The molecule has 12 nitrogen and oxygen atoms in total. The van der Waals surface area contributed by atoms with Crippen LogP contribution < -0.4 is 0 Å². The smallest absolute Gasteiger partial charge is 0.427 e. The zero-order chi connectivity index (χ0) is 33.2. The second-order valence-corrected chi connectivity index (χ2v) is 13.0. The first-order valence-corrected chi connectivity index (χ1v) is 12.7. The van der Waals surface area contributed by atoms with Crippen LogP contribution >= 0.6 is 0 Å². The number of ether oxygens (including phenoxy) is 4. The molecule has 1 rings (SSSR count). The number of imide groups is 6. The van der Waals surface area contributed by atoms with Crippen LogP contribution in [0, 0.1) is 11.6 Å². The Morgan fingerprint density at radius 1 is 0.476 bits per heavy atom. The molecule has 6 amide bonds. The summed E-state index contributed by atoms with van der Waals surface area (Å²) in [4.78, 5) is 77.0. The van der Waals surface area contributed by atoms with Gasteiger partial charge in [-0.25, -0.2) is 28.0 Å². The third-order valence-electron chi connectivity index (χ3n) is 4.25. The molecule has 14 heteroatoms. The van der Waals surface area contributed by atoms with Crippen molar-refractivity contribution in [2.24, 2.45) is 0 Å². The molecule has 0 saturated heterocycles. The Balaban J connectivity index is 3.66. The molecule has 0 radical (unpaired) electrons. The average molecular weight is 601 g/mol. The Morgan fingerprint density at radius 2 is 0.667 bits per heavy atom. The van der Waals surface area contributed by atoms with E-state index in [9.17, 15) is 28.8 Å². The summed E-state index contributed by atoms with van der Waals surface area (Å²) in [7, 11) is 0. The molecular formula is C28H38F2N2O10. The number of rotatable bonds is 2. The van der Waals surface area contributed by atoms with E-state index in [1.165, 1.54) is 83.1 Å². The summed E-state index contributed by atoms with van der Waals surface area (Å²) >= 11 is 0. The highest BCUT2D eigenvalue weighted by atomic mass is 19.2. The van der Waals surface area contributed by atoms with Crippen LogP contribution in [-0.2, 0) is 18.9 Å². The van der Waals surface area contributed by atoms with Gasteiger partial charge in [0.15, 0.2) is 11.6 Å². The molecule has 0 bridgehead atoms. The molecule has 0 N–H and O–H groups in total. The highest BCUT2D eigenvalue weighted by molar-refractivity contribution is 6.15. The summed E-state index contributed by atoms with van der Waals surface area (Å²) in [6.45, 7) is 17.2. The molecule has 42 heavy (non-hydrogen) atoms. The molecule has 0 aliphatic heterocycles. The van der Waals surface area contributed by atoms with Crippen LogP contribution in [0.15, 0.2) is 12.1 Å². The number of hydrogen-bond acceptors (Lipinski definition) is 10. The van der Waals surface area contributed by atoms with Gasteiger partial charge in [-0.3, -0.25) is 9.59 Å². The lowest BCUT2D eigenvalue weighted by atomic mass is 10.1. The molecule has 0 unspecified atom stereocenters. The third-order valence-corrected chi connectivity index (χ3v) is 4.25. The third kappa shape index (κ3) is 10.4. The van der Waals surface area contributed by atoms with Crippen molar-refractivity contribution in [1.29, 1.82) is 0 Å². The molecule has 0 aliphatic rings. The molecule has 0 spiro atoms. The van der Waals surface area contributed by atoms with Gasteiger partial charge in [0.05, 0.1) is 11.1 Å². The second kappa shape index (κ2) is 12.4. The number of halogens is 2. The summed E-state index contributed by atoms with van der Waals surface area (Å²) < 4.78 is 50.9. The lowest BCUT2D eigenvalue weighted by molar-refractivity contribution is 0.000730. The fourth-order valence-corrected chi connectivity index (χ4v) is 2.83. The second-order valence-electron chi connectivity index (χ2n) is 13.0. The van der Waals surface area contributed by atoms with E-state index in [4.69, 9.17) is 18.9 Å². The molecular weight excluding hydrogens is 562 g/mol. The highest BCUT2D eigenvalue weighted by Gasteiger charge is 2.41. The summed E-state index contributed by atoms with van der Waals surface area (Å²) in [5, 5.41) is 0. The average Bonchev–Trinajstić information content (AvgIpc) is 2.70. The van der Waals surface area contributed by atoms with Crippen LogP contribution in [0.25, 0.3) is 0 Å². The van der Waals surface area contributed by atoms with E-state index in [1.807, 2.05) is 0 Å². The lowest BCUT2D eigenvalue weighted by Crippen LogP contribution is -2.48. The number of nitrogens with zero attached hydrogens (tertiary/aromatic N) is 2. The molecule has 1 aromatic carbocycles.